The van der Waals surface area contributed by atoms with Crippen LogP contribution in [0.4, 0.5) is 0 Å². The highest BCUT2D eigenvalue weighted by Crippen LogP contribution is 2.42. The number of rotatable bonds is 8. The minimum absolute atomic E-state index is 0.0506. The maximum Gasteiger partial charge on any atom is 0.0697 e. The summed E-state index contributed by atoms with van der Waals surface area (Å²) in [7, 11) is 0. The average Bonchev–Trinajstić information content (AvgIpc) is 2.70. The number of hydrogen-bond donors (Lipinski definition) is 1. The summed E-state index contributed by atoms with van der Waals surface area (Å²) in [5.41, 5.74) is 3.47. The summed E-state index contributed by atoms with van der Waals surface area (Å²) in [5, 5.41) is 9.02. The Kier molecular flexibility index (Phi) is 5.99. The molecule has 2 heteroatoms. The Morgan fingerprint density at radius 1 is 0.600 bits per heavy atom. The molecule has 1 N–H and O–H groups in total. The van der Waals surface area contributed by atoms with Crippen molar-refractivity contribution in [3.05, 3.63) is 108 Å². The highest BCUT2D eigenvalue weighted by atomic mass is 16.5. The lowest BCUT2D eigenvalue weighted by Crippen LogP contribution is -2.31. The molecular weight excluding hydrogens is 308 g/mol. The molecule has 0 radical (unpaired) electrons. The van der Waals surface area contributed by atoms with Crippen LogP contribution in [-0.4, -0.2) is 24.9 Å². The van der Waals surface area contributed by atoms with Crippen LogP contribution in [0, 0.1) is 0 Å². The van der Waals surface area contributed by atoms with E-state index in [4.69, 9.17) is 9.84 Å². The molecule has 0 spiro atoms. The summed E-state index contributed by atoms with van der Waals surface area (Å²) in [6.45, 7) is 1.00. The smallest absolute Gasteiger partial charge is 0.0697 e. The van der Waals surface area contributed by atoms with E-state index in [1.807, 2.05) is 18.2 Å². The maximum atomic E-state index is 9.02. The molecule has 0 aliphatic rings. The predicted molar refractivity (Wildman–Crippen MR) is 102 cm³/mol. The molecule has 0 aliphatic carbocycles. The van der Waals surface area contributed by atoms with Gasteiger partial charge in [0.15, 0.2) is 0 Å². The van der Waals surface area contributed by atoms with Crippen LogP contribution < -0.4 is 0 Å². The van der Waals surface area contributed by atoms with Crippen molar-refractivity contribution >= 4 is 0 Å². The lowest BCUT2D eigenvalue weighted by atomic mass is 9.67. The van der Waals surface area contributed by atoms with Crippen LogP contribution in [0.1, 0.15) is 23.1 Å². The largest absolute Gasteiger partial charge is 0.394 e. The molecule has 3 aromatic carbocycles. The first-order valence-electron chi connectivity index (χ1n) is 8.73. The maximum absolute atomic E-state index is 9.02. The number of hydrogen-bond acceptors (Lipinski definition) is 2. The minimum atomic E-state index is -0.279. The van der Waals surface area contributed by atoms with Gasteiger partial charge in [-0.3, -0.25) is 0 Å². The molecule has 2 nitrogen and oxygen atoms in total. The summed E-state index contributed by atoms with van der Waals surface area (Å²) >= 11 is 0. The third-order valence-electron chi connectivity index (χ3n) is 4.66. The van der Waals surface area contributed by atoms with Crippen LogP contribution in [0.3, 0.4) is 0 Å². The summed E-state index contributed by atoms with van der Waals surface area (Å²) < 4.78 is 5.65. The number of aliphatic hydroxyl groups is 1. The van der Waals surface area contributed by atoms with Crippen molar-refractivity contribution in [3.63, 3.8) is 0 Å². The summed E-state index contributed by atoms with van der Waals surface area (Å²) in [4.78, 5) is 0. The van der Waals surface area contributed by atoms with Gasteiger partial charge in [0.2, 0.25) is 0 Å². The van der Waals surface area contributed by atoms with Gasteiger partial charge < -0.3 is 9.84 Å². The minimum Gasteiger partial charge on any atom is -0.394 e. The van der Waals surface area contributed by atoms with Gasteiger partial charge in [0, 0.05) is 12.0 Å². The molecule has 0 fully saturated rings. The zero-order valence-corrected chi connectivity index (χ0v) is 14.3. The molecule has 25 heavy (non-hydrogen) atoms. The van der Waals surface area contributed by atoms with E-state index in [0.717, 1.165) is 6.42 Å². The number of benzene rings is 3. The van der Waals surface area contributed by atoms with Gasteiger partial charge in [0.05, 0.1) is 13.2 Å². The molecule has 0 saturated carbocycles. The molecule has 0 amide bonds. The van der Waals surface area contributed by atoms with Crippen molar-refractivity contribution < 1.29 is 9.84 Å². The van der Waals surface area contributed by atoms with Crippen LogP contribution in [0.2, 0.25) is 0 Å². The third kappa shape index (κ3) is 3.81. The van der Waals surface area contributed by atoms with Gasteiger partial charge in [-0.05, 0) is 23.1 Å². The van der Waals surface area contributed by atoms with Crippen molar-refractivity contribution in [2.45, 2.75) is 11.8 Å². The topological polar surface area (TPSA) is 29.5 Å². The van der Waals surface area contributed by atoms with Crippen molar-refractivity contribution in [2.24, 2.45) is 0 Å². The van der Waals surface area contributed by atoms with Gasteiger partial charge in [0.1, 0.15) is 0 Å². The van der Waals surface area contributed by atoms with E-state index in [1.54, 1.807) is 0 Å². The number of aliphatic hydroxyl groups excluding tert-OH is 1. The van der Waals surface area contributed by atoms with E-state index >= 15 is 0 Å². The fourth-order valence-corrected chi connectivity index (χ4v) is 3.49. The Morgan fingerprint density at radius 3 is 1.36 bits per heavy atom. The van der Waals surface area contributed by atoms with E-state index in [0.29, 0.717) is 13.2 Å². The van der Waals surface area contributed by atoms with Crippen molar-refractivity contribution in [2.75, 3.05) is 19.8 Å². The monoisotopic (exact) mass is 332 g/mol. The zero-order chi connectivity index (χ0) is 17.4. The van der Waals surface area contributed by atoms with E-state index in [9.17, 15) is 0 Å². The standard InChI is InChI=1S/C23H24O2/c24-17-19-25-18-16-23(20-10-4-1-5-11-20,21-12-6-2-7-13-21)22-14-8-3-9-15-22/h1-15,24H,16-19H2. The Bertz CT molecular complexity index is 642. The third-order valence-corrected chi connectivity index (χ3v) is 4.66. The number of ether oxygens (including phenoxy) is 1. The Balaban J connectivity index is 2.13. The molecule has 0 aliphatic heterocycles. The van der Waals surface area contributed by atoms with Gasteiger partial charge >= 0.3 is 0 Å². The predicted octanol–water partition coefficient (Wildman–Crippen LogP) is 4.42. The molecule has 0 aromatic heterocycles. The first-order chi connectivity index (χ1) is 12.4. The first kappa shape index (κ1) is 17.4. The van der Waals surface area contributed by atoms with Gasteiger partial charge in [0.25, 0.3) is 0 Å². The van der Waals surface area contributed by atoms with Crippen LogP contribution in [0.5, 0.6) is 0 Å². The van der Waals surface area contributed by atoms with Crippen LogP contribution >= 0.6 is 0 Å². The lowest BCUT2D eigenvalue weighted by molar-refractivity contribution is 0.0848. The van der Waals surface area contributed by atoms with E-state index in [2.05, 4.69) is 72.8 Å². The second-order valence-electron chi connectivity index (χ2n) is 6.09. The highest BCUT2D eigenvalue weighted by Gasteiger charge is 2.35. The van der Waals surface area contributed by atoms with Crippen LogP contribution in [0.15, 0.2) is 91.0 Å². The molecule has 0 saturated heterocycles. The quantitative estimate of drug-likeness (QED) is 0.489. The highest BCUT2D eigenvalue weighted by molar-refractivity contribution is 5.50. The Morgan fingerprint density at radius 2 is 1.00 bits per heavy atom. The molecule has 128 valence electrons. The average molecular weight is 332 g/mol. The van der Waals surface area contributed by atoms with E-state index < -0.39 is 0 Å². The van der Waals surface area contributed by atoms with Gasteiger partial charge in [-0.15, -0.1) is 0 Å². The molecule has 0 bridgehead atoms. The summed E-state index contributed by atoms with van der Waals surface area (Å²) in [6, 6.07) is 31.8. The van der Waals surface area contributed by atoms with Crippen molar-refractivity contribution in [1.29, 1.82) is 0 Å². The first-order valence-corrected chi connectivity index (χ1v) is 8.73. The van der Waals surface area contributed by atoms with Gasteiger partial charge in [-0.25, -0.2) is 0 Å². The normalized spacial score (nSPS) is 11.4. The lowest BCUT2D eigenvalue weighted by Gasteiger charge is -2.36. The Hall–Kier alpha value is -2.42. The van der Waals surface area contributed by atoms with Crippen LogP contribution in [0.25, 0.3) is 0 Å². The molecule has 0 unspecified atom stereocenters. The fourth-order valence-electron chi connectivity index (χ4n) is 3.49. The second-order valence-corrected chi connectivity index (χ2v) is 6.09. The van der Waals surface area contributed by atoms with E-state index in [-0.39, 0.29) is 12.0 Å². The van der Waals surface area contributed by atoms with Crippen molar-refractivity contribution in [3.8, 4) is 0 Å². The van der Waals surface area contributed by atoms with Crippen molar-refractivity contribution in [1.82, 2.24) is 0 Å². The molecule has 3 aromatic rings. The van der Waals surface area contributed by atoms with Gasteiger partial charge in [-0.1, -0.05) is 91.0 Å². The van der Waals surface area contributed by atoms with Gasteiger partial charge in [-0.2, -0.15) is 0 Å². The van der Waals surface area contributed by atoms with E-state index in [1.165, 1.54) is 16.7 Å². The molecule has 3 rings (SSSR count). The molecule has 0 heterocycles. The summed E-state index contributed by atoms with van der Waals surface area (Å²) in [6.07, 6.45) is 0.811. The zero-order valence-electron chi connectivity index (χ0n) is 14.3. The molecular formula is C23H24O2. The van der Waals surface area contributed by atoms with Crippen LogP contribution in [-0.2, 0) is 10.2 Å². The second kappa shape index (κ2) is 8.61. The Labute approximate surface area is 149 Å². The summed E-state index contributed by atoms with van der Waals surface area (Å²) in [5.74, 6) is 0. The fraction of sp³-hybridized carbons (Fsp3) is 0.217. The molecule has 0 atom stereocenters. The SMILES string of the molecule is OCCOCCC(c1ccccc1)(c1ccccc1)c1ccccc1.